The van der Waals surface area contributed by atoms with E-state index >= 15 is 0 Å². The van der Waals surface area contributed by atoms with Crippen LogP contribution >= 0.6 is 11.6 Å². The fourth-order valence-corrected chi connectivity index (χ4v) is 2.12. The summed E-state index contributed by atoms with van der Waals surface area (Å²) in [6.07, 6.45) is 6.94. The second kappa shape index (κ2) is 6.38. The highest BCUT2D eigenvalue weighted by molar-refractivity contribution is 6.33. The average Bonchev–Trinajstić information content (AvgIpc) is 2.81. The summed E-state index contributed by atoms with van der Waals surface area (Å²) in [7, 11) is 1.98. The van der Waals surface area contributed by atoms with Crippen molar-refractivity contribution in [1.82, 2.24) is 4.57 Å². The minimum atomic E-state index is -0.457. The predicted octanol–water partition coefficient (Wildman–Crippen LogP) is 2.38. The summed E-state index contributed by atoms with van der Waals surface area (Å²) in [6.45, 7) is 1.65. The zero-order valence-electron chi connectivity index (χ0n) is 11.1. The Morgan fingerprint density at radius 2 is 2.30 bits per heavy atom. The number of nitrogens with zero attached hydrogens (tertiary/aromatic N) is 3. The SMILES string of the molecule is C[n+]1ccn(CCCNc2ccc([N+](=O)[O-])cc2Cl)c1. The van der Waals surface area contributed by atoms with Crippen LogP contribution in [0.4, 0.5) is 11.4 Å². The average molecular weight is 296 g/mol. The third-order valence-electron chi connectivity index (χ3n) is 2.90. The molecule has 1 aromatic carbocycles. The quantitative estimate of drug-likeness (QED) is 0.385. The second-order valence-electron chi connectivity index (χ2n) is 4.52. The van der Waals surface area contributed by atoms with Crippen LogP contribution in [0.5, 0.6) is 0 Å². The van der Waals surface area contributed by atoms with Gasteiger partial charge in [0, 0.05) is 25.1 Å². The Morgan fingerprint density at radius 1 is 1.50 bits per heavy atom. The van der Waals surface area contributed by atoms with Crippen molar-refractivity contribution in [3.8, 4) is 0 Å². The molecule has 7 heteroatoms. The maximum atomic E-state index is 10.6. The van der Waals surface area contributed by atoms with E-state index in [4.69, 9.17) is 11.6 Å². The molecule has 0 aliphatic heterocycles. The highest BCUT2D eigenvalue weighted by Crippen LogP contribution is 2.26. The van der Waals surface area contributed by atoms with E-state index in [0.717, 1.165) is 25.2 Å². The number of rotatable bonds is 6. The first-order chi connectivity index (χ1) is 9.56. The van der Waals surface area contributed by atoms with E-state index < -0.39 is 4.92 Å². The van der Waals surface area contributed by atoms with E-state index in [9.17, 15) is 10.1 Å². The molecular formula is C13H16ClN4O2+. The summed E-state index contributed by atoms with van der Waals surface area (Å²) >= 11 is 6.00. The van der Waals surface area contributed by atoms with Gasteiger partial charge in [0.2, 0.25) is 6.33 Å². The summed E-state index contributed by atoms with van der Waals surface area (Å²) in [5.41, 5.74) is 0.718. The molecule has 1 aromatic heterocycles. The Labute approximate surface area is 121 Å². The predicted molar refractivity (Wildman–Crippen MR) is 76.8 cm³/mol. The van der Waals surface area contributed by atoms with Gasteiger partial charge < -0.3 is 5.32 Å². The van der Waals surface area contributed by atoms with Crippen LogP contribution in [-0.2, 0) is 13.6 Å². The standard InChI is InChI=1S/C13H16ClN4O2/c1-16-7-8-17(10-16)6-2-5-15-13-4-3-11(18(19)20)9-12(13)14/h3-4,7-10,15H,2,5-6H2,1H3/q+1. The Morgan fingerprint density at radius 3 is 2.90 bits per heavy atom. The topological polar surface area (TPSA) is 64.0 Å². The number of imidazole rings is 1. The summed E-state index contributed by atoms with van der Waals surface area (Å²) in [4.78, 5) is 10.1. The van der Waals surface area contributed by atoms with Crippen molar-refractivity contribution in [2.75, 3.05) is 11.9 Å². The van der Waals surface area contributed by atoms with Gasteiger partial charge in [-0.2, -0.15) is 0 Å². The van der Waals surface area contributed by atoms with Gasteiger partial charge in [0.1, 0.15) is 12.4 Å². The molecule has 20 heavy (non-hydrogen) atoms. The Bertz CT molecular complexity index is 612. The number of aryl methyl sites for hydroxylation is 2. The monoisotopic (exact) mass is 295 g/mol. The molecule has 1 N–H and O–H groups in total. The summed E-state index contributed by atoms with van der Waals surface area (Å²) in [6, 6.07) is 4.44. The first kappa shape index (κ1) is 14.3. The molecule has 0 radical (unpaired) electrons. The van der Waals surface area contributed by atoms with E-state index in [0.29, 0.717) is 5.02 Å². The van der Waals surface area contributed by atoms with Crippen LogP contribution in [0.3, 0.4) is 0 Å². The van der Waals surface area contributed by atoms with Gasteiger partial charge >= 0.3 is 0 Å². The number of anilines is 1. The summed E-state index contributed by atoms with van der Waals surface area (Å²) < 4.78 is 4.08. The fourth-order valence-electron chi connectivity index (χ4n) is 1.88. The lowest BCUT2D eigenvalue weighted by atomic mass is 10.2. The van der Waals surface area contributed by atoms with Crippen LogP contribution in [0.15, 0.2) is 36.9 Å². The van der Waals surface area contributed by atoms with Crippen LogP contribution in [0.1, 0.15) is 6.42 Å². The molecule has 0 aliphatic carbocycles. The normalized spacial score (nSPS) is 10.5. The van der Waals surface area contributed by atoms with Crippen LogP contribution in [0, 0.1) is 10.1 Å². The Hall–Kier alpha value is -2.08. The van der Waals surface area contributed by atoms with Gasteiger partial charge in [-0.25, -0.2) is 9.13 Å². The minimum absolute atomic E-state index is 0.000362. The van der Waals surface area contributed by atoms with Crippen molar-refractivity contribution >= 4 is 23.0 Å². The van der Waals surface area contributed by atoms with Crippen LogP contribution in [-0.4, -0.2) is 16.0 Å². The van der Waals surface area contributed by atoms with Crippen LogP contribution in [0.25, 0.3) is 0 Å². The molecule has 0 saturated carbocycles. The van der Waals surface area contributed by atoms with Crippen LogP contribution < -0.4 is 9.88 Å². The van der Waals surface area contributed by atoms with Gasteiger partial charge in [-0.15, -0.1) is 0 Å². The molecule has 0 bridgehead atoms. The number of aromatic nitrogens is 2. The number of benzene rings is 1. The van der Waals surface area contributed by atoms with Crippen molar-refractivity contribution < 1.29 is 9.49 Å². The Kier molecular flexibility index (Phi) is 4.57. The molecule has 0 amide bonds. The van der Waals surface area contributed by atoms with E-state index in [1.807, 2.05) is 30.3 Å². The van der Waals surface area contributed by atoms with E-state index in [2.05, 4.69) is 9.88 Å². The third-order valence-corrected chi connectivity index (χ3v) is 3.21. The lowest BCUT2D eigenvalue weighted by Crippen LogP contribution is -2.23. The third kappa shape index (κ3) is 3.71. The highest BCUT2D eigenvalue weighted by atomic mass is 35.5. The lowest BCUT2D eigenvalue weighted by Gasteiger charge is -2.07. The van der Waals surface area contributed by atoms with Gasteiger partial charge in [-0.1, -0.05) is 11.6 Å². The van der Waals surface area contributed by atoms with Gasteiger partial charge in [0.05, 0.1) is 29.2 Å². The number of hydrogen-bond donors (Lipinski definition) is 1. The smallest absolute Gasteiger partial charge is 0.271 e. The molecule has 0 unspecified atom stereocenters. The zero-order chi connectivity index (χ0) is 14.5. The first-order valence-electron chi connectivity index (χ1n) is 6.25. The number of nitrogens with one attached hydrogen (secondary N) is 1. The van der Waals surface area contributed by atoms with E-state index in [1.54, 1.807) is 6.07 Å². The molecule has 0 atom stereocenters. The molecule has 2 aromatic rings. The number of nitro groups is 1. The number of nitro benzene ring substituents is 1. The highest BCUT2D eigenvalue weighted by Gasteiger charge is 2.09. The minimum Gasteiger partial charge on any atom is -0.384 e. The van der Waals surface area contributed by atoms with Gasteiger partial charge in [0.25, 0.3) is 5.69 Å². The van der Waals surface area contributed by atoms with Crippen molar-refractivity contribution in [2.24, 2.45) is 7.05 Å². The van der Waals surface area contributed by atoms with Crippen molar-refractivity contribution in [1.29, 1.82) is 0 Å². The van der Waals surface area contributed by atoms with Gasteiger partial charge in [-0.05, 0) is 6.07 Å². The maximum Gasteiger partial charge on any atom is 0.271 e. The molecule has 1 heterocycles. The van der Waals surface area contributed by atoms with E-state index in [1.165, 1.54) is 12.1 Å². The van der Waals surface area contributed by atoms with Crippen LogP contribution in [0.2, 0.25) is 5.02 Å². The van der Waals surface area contributed by atoms with Crippen molar-refractivity contribution in [2.45, 2.75) is 13.0 Å². The molecule has 0 aliphatic rings. The van der Waals surface area contributed by atoms with Gasteiger partial charge in [-0.3, -0.25) is 10.1 Å². The lowest BCUT2D eigenvalue weighted by molar-refractivity contribution is -0.671. The number of non-ortho nitro benzene ring substituents is 1. The maximum absolute atomic E-state index is 10.6. The molecular weight excluding hydrogens is 280 g/mol. The second-order valence-corrected chi connectivity index (χ2v) is 4.93. The molecule has 0 fully saturated rings. The number of halogens is 1. The molecule has 0 saturated heterocycles. The zero-order valence-corrected chi connectivity index (χ0v) is 11.9. The molecule has 2 rings (SSSR count). The molecule has 6 nitrogen and oxygen atoms in total. The van der Waals surface area contributed by atoms with E-state index in [-0.39, 0.29) is 5.69 Å². The first-order valence-corrected chi connectivity index (χ1v) is 6.63. The summed E-state index contributed by atoms with van der Waals surface area (Å²) in [5, 5.41) is 14.2. The Balaban J connectivity index is 1.83. The summed E-state index contributed by atoms with van der Waals surface area (Å²) in [5.74, 6) is 0. The fraction of sp³-hybridized carbons (Fsp3) is 0.308. The van der Waals surface area contributed by atoms with Gasteiger partial charge in [0.15, 0.2) is 0 Å². The molecule has 0 spiro atoms. The molecule has 106 valence electrons. The van der Waals surface area contributed by atoms with Crippen molar-refractivity contribution in [3.05, 3.63) is 52.1 Å². The largest absolute Gasteiger partial charge is 0.384 e. The number of hydrogen-bond acceptors (Lipinski definition) is 3. The van der Waals surface area contributed by atoms with Crippen molar-refractivity contribution in [3.63, 3.8) is 0 Å².